The lowest BCUT2D eigenvalue weighted by atomic mass is 10.3. The fourth-order valence-electron chi connectivity index (χ4n) is 0.922. The molecule has 4 nitrogen and oxygen atoms in total. The maximum atomic E-state index is 9.40. The third-order valence-electron chi connectivity index (χ3n) is 1.51. The van der Waals surface area contributed by atoms with E-state index >= 15 is 0 Å². The first-order valence-electron chi connectivity index (χ1n) is 3.67. The van der Waals surface area contributed by atoms with Gasteiger partial charge in [-0.3, -0.25) is 0 Å². The van der Waals surface area contributed by atoms with Crippen molar-refractivity contribution in [3.05, 3.63) is 29.8 Å². The molecule has 0 fully saturated rings. The lowest BCUT2D eigenvalue weighted by molar-refractivity contribution is 0.478. The van der Waals surface area contributed by atoms with Crippen molar-refractivity contribution in [2.75, 3.05) is 5.32 Å². The molecule has 66 valence electrons. The molecule has 0 saturated carbocycles. The standard InChI is InChI=1S/C8H7N3OS/c12-7-4-2-1-3-6(7)10-8-11-9-5-13-8/h1-5,12H,(H,10,11). The van der Waals surface area contributed by atoms with Crippen LogP contribution in [0.4, 0.5) is 10.8 Å². The molecule has 1 aromatic carbocycles. The van der Waals surface area contributed by atoms with Gasteiger partial charge >= 0.3 is 0 Å². The van der Waals surface area contributed by atoms with Crippen LogP contribution in [-0.4, -0.2) is 15.3 Å². The van der Waals surface area contributed by atoms with Crippen molar-refractivity contribution < 1.29 is 5.11 Å². The summed E-state index contributed by atoms with van der Waals surface area (Å²) in [5, 5.41) is 20.5. The van der Waals surface area contributed by atoms with E-state index in [-0.39, 0.29) is 5.75 Å². The summed E-state index contributed by atoms with van der Waals surface area (Å²) >= 11 is 1.38. The predicted molar refractivity (Wildman–Crippen MR) is 51.3 cm³/mol. The first-order valence-corrected chi connectivity index (χ1v) is 4.55. The zero-order valence-electron chi connectivity index (χ0n) is 6.64. The Hall–Kier alpha value is -1.62. The van der Waals surface area contributed by atoms with Crippen LogP contribution in [0.5, 0.6) is 5.75 Å². The fraction of sp³-hybridized carbons (Fsp3) is 0. The highest BCUT2D eigenvalue weighted by Crippen LogP contribution is 2.25. The number of phenolic OH excluding ortho intramolecular Hbond substituents is 1. The van der Waals surface area contributed by atoms with Gasteiger partial charge in [0.15, 0.2) is 0 Å². The van der Waals surface area contributed by atoms with E-state index in [0.29, 0.717) is 10.8 Å². The van der Waals surface area contributed by atoms with Crippen molar-refractivity contribution in [3.8, 4) is 5.75 Å². The summed E-state index contributed by atoms with van der Waals surface area (Å²) in [6.45, 7) is 0. The predicted octanol–water partition coefficient (Wildman–Crippen LogP) is 1.99. The highest BCUT2D eigenvalue weighted by atomic mass is 32.1. The minimum Gasteiger partial charge on any atom is -0.506 e. The SMILES string of the molecule is Oc1ccccc1Nc1nncs1. The van der Waals surface area contributed by atoms with Gasteiger partial charge < -0.3 is 10.4 Å². The van der Waals surface area contributed by atoms with Gasteiger partial charge in [0.25, 0.3) is 0 Å². The number of para-hydroxylation sites is 2. The molecule has 0 radical (unpaired) electrons. The molecular formula is C8H7N3OS. The van der Waals surface area contributed by atoms with Gasteiger partial charge in [-0.2, -0.15) is 0 Å². The molecular weight excluding hydrogens is 186 g/mol. The average molecular weight is 193 g/mol. The molecule has 0 spiro atoms. The number of rotatable bonds is 2. The summed E-state index contributed by atoms with van der Waals surface area (Å²) < 4.78 is 0. The van der Waals surface area contributed by atoms with E-state index in [4.69, 9.17) is 0 Å². The van der Waals surface area contributed by atoms with Gasteiger partial charge in [-0.25, -0.2) is 0 Å². The number of aromatic hydroxyl groups is 1. The van der Waals surface area contributed by atoms with Gasteiger partial charge in [0.05, 0.1) is 5.69 Å². The maximum absolute atomic E-state index is 9.40. The Morgan fingerprint density at radius 1 is 1.31 bits per heavy atom. The van der Waals surface area contributed by atoms with Crippen molar-refractivity contribution >= 4 is 22.2 Å². The zero-order chi connectivity index (χ0) is 9.10. The van der Waals surface area contributed by atoms with Crippen LogP contribution >= 0.6 is 11.3 Å². The summed E-state index contributed by atoms with van der Waals surface area (Å²) in [7, 11) is 0. The molecule has 13 heavy (non-hydrogen) atoms. The molecule has 2 N–H and O–H groups in total. The van der Waals surface area contributed by atoms with Crippen LogP contribution in [0.3, 0.4) is 0 Å². The Morgan fingerprint density at radius 3 is 2.85 bits per heavy atom. The summed E-state index contributed by atoms with van der Waals surface area (Å²) in [5.41, 5.74) is 2.27. The first kappa shape index (κ1) is 8.00. The van der Waals surface area contributed by atoms with E-state index in [1.165, 1.54) is 11.3 Å². The number of hydrogen-bond donors (Lipinski definition) is 2. The van der Waals surface area contributed by atoms with Crippen molar-refractivity contribution in [1.82, 2.24) is 10.2 Å². The van der Waals surface area contributed by atoms with Crippen molar-refractivity contribution in [1.29, 1.82) is 0 Å². The van der Waals surface area contributed by atoms with E-state index in [2.05, 4.69) is 15.5 Å². The molecule has 0 unspecified atom stereocenters. The van der Waals surface area contributed by atoms with Gasteiger partial charge in [-0.05, 0) is 12.1 Å². The van der Waals surface area contributed by atoms with E-state index in [0.717, 1.165) is 0 Å². The smallest absolute Gasteiger partial charge is 0.209 e. The molecule has 1 aromatic heterocycles. The zero-order valence-corrected chi connectivity index (χ0v) is 7.45. The second-order valence-corrected chi connectivity index (χ2v) is 3.22. The summed E-state index contributed by atoms with van der Waals surface area (Å²) in [6.07, 6.45) is 0. The van der Waals surface area contributed by atoms with Gasteiger partial charge in [-0.15, -0.1) is 10.2 Å². The van der Waals surface area contributed by atoms with Crippen LogP contribution in [0.1, 0.15) is 0 Å². The molecule has 1 heterocycles. The quantitative estimate of drug-likeness (QED) is 0.716. The van der Waals surface area contributed by atoms with Crippen LogP contribution in [0.25, 0.3) is 0 Å². The van der Waals surface area contributed by atoms with Crippen LogP contribution < -0.4 is 5.32 Å². The molecule has 0 bridgehead atoms. The molecule has 0 atom stereocenters. The summed E-state index contributed by atoms with van der Waals surface area (Å²) in [5.74, 6) is 0.206. The number of nitrogens with one attached hydrogen (secondary N) is 1. The van der Waals surface area contributed by atoms with Gasteiger partial charge in [0, 0.05) is 0 Å². The second kappa shape index (κ2) is 3.40. The van der Waals surface area contributed by atoms with Crippen molar-refractivity contribution in [2.45, 2.75) is 0 Å². The van der Waals surface area contributed by atoms with Gasteiger partial charge in [0.2, 0.25) is 5.13 Å². The number of anilines is 2. The van der Waals surface area contributed by atoms with E-state index in [1.807, 2.05) is 6.07 Å². The van der Waals surface area contributed by atoms with Crippen LogP contribution in [-0.2, 0) is 0 Å². The minimum atomic E-state index is 0.206. The summed E-state index contributed by atoms with van der Waals surface area (Å²) in [4.78, 5) is 0. The maximum Gasteiger partial charge on any atom is 0.209 e. The van der Waals surface area contributed by atoms with E-state index < -0.39 is 0 Å². The second-order valence-electron chi connectivity index (χ2n) is 2.39. The Morgan fingerprint density at radius 2 is 2.15 bits per heavy atom. The van der Waals surface area contributed by atoms with E-state index in [9.17, 15) is 5.11 Å². The van der Waals surface area contributed by atoms with Crippen molar-refractivity contribution in [2.24, 2.45) is 0 Å². The normalized spacial score (nSPS) is 9.85. The topological polar surface area (TPSA) is 58.0 Å². The molecule has 5 heteroatoms. The van der Waals surface area contributed by atoms with Gasteiger partial charge in [-0.1, -0.05) is 23.5 Å². The number of phenols is 1. The molecule has 0 aliphatic rings. The highest BCUT2D eigenvalue weighted by Gasteiger charge is 2.00. The molecule has 0 aliphatic carbocycles. The monoisotopic (exact) mass is 193 g/mol. The highest BCUT2D eigenvalue weighted by molar-refractivity contribution is 7.13. The Bertz CT molecular complexity index is 388. The van der Waals surface area contributed by atoms with Crippen LogP contribution in [0.15, 0.2) is 29.8 Å². The first-order chi connectivity index (χ1) is 6.36. The summed E-state index contributed by atoms with van der Waals surface area (Å²) in [6, 6.07) is 6.99. The third kappa shape index (κ3) is 1.75. The molecule has 0 amide bonds. The van der Waals surface area contributed by atoms with Crippen LogP contribution in [0.2, 0.25) is 0 Å². The number of nitrogens with zero attached hydrogens (tertiary/aromatic N) is 2. The lowest BCUT2D eigenvalue weighted by Gasteiger charge is -2.02. The molecule has 2 aromatic rings. The van der Waals surface area contributed by atoms with Crippen molar-refractivity contribution in [3.63, 3.8) is 0 Å². The number of benzene rings is 1. The Balaban J connectivity index is 2.24. The molecule has 2 rings (SSSR count). The largest absolute Gasteiger partial charge is 0.506 e. The number of hydrogen-bond acceptors (Lipinski definition) is 5. The fourth-order valence-corrected chi connectivity index (χ4v) is 1.38. The lowest BCUT2D eigenvalue weighted by Crippen LogP contribution is -1.89. The Kier molecular flexibility index (Phi) is 2.09. The van der Waals surface area contributed by atoms with Crippen LogP contribution in [0, 0.1) is 0 Å². The average Bonchev–Trinajstić information content (AvgIpc) is 2.61. The minimum absolute atomic E-state index is 0.206. The number of aromatic nitrogens is 2. The molecule has 0 aliphatic heterocycles. The Labute approximate surface area is 78.9 Å². The third-order valence-corrected chi connectivity index (χ3v) is 2.11. The van der Waals surface area contributed by atoms with E-state index in [1.54, 1.807) is 23.7 Å². The van der Waals surface area contributed by atoms with Gasteiger partial charge in [0.1, 0.15) is 11.3 Å². The molecule has 0 saturated heterocycles.